The molecule has 4 heteroatoms. The molecule has 0 aromatic carbocycles. The summed E-state index contributed by atoms with van der Waals surface area (Å²) in [6, 6.07) is 2.45. The Morgan fingerprint density at radius 1 is 0.839 bits per heavy atom. The summed E-state index contributed by atoms with van der Waals surface area (Å²) < 4.78 is 0. The van der Waals surface area contributed by atoms with Crippen molar-refractivity contribution in [1.29, 1.82) is 0 Å². The van der Waals surface area contributed by atoms with E-state index >= 15 is 0 Å². The molecule has 2 saturated carbocycles. The number of hydrogen-bond acceptors (Lipinski definition) is 4. The smallest absolute Gasteiger partial charge is 0.157 e. The highest BCUT2D eigenvalue weighted by atomic mass is 15.4. The Bertz CT molecular complexity index is 2150. The minimum absolute atomic E-state index is 0.0118. The van der Waals surface area contributed by atoms with Crippen LogP contribution in [0.25, 0.3) is 0 Å². The van der Waals surface area contributed by atoms with E-state index in [1.165, 1.54) is 74.6 Å². The van der Waals surface area contributed by atoms with Gasteiger partial charge in [0, 0.05) is 59.7 Å². The van der Waals surface area contributed by atoms with Gasteiger partial charge >= 0.3 is 0 Å². The minimum atomic E-state index is 0.0118. The van der Waals surface area contributed by atoms with Gasteiger partial charge in [0.2, 0.25) is 0 Å². The molecule has 11 aliphatic rings. The van der Waals surface area contributed by atoms with Crippen LogP contribution in [-0.2, 0) is 0 Å². The highest BCUT2D eigenvalue weighted by Gasteiger charge is 2.65. The Balaban J connectivity index is 0.884. The number of aliphatic imine (C=N–C) groups is 1. The van der Waals surface area contributed by atoms with Crippen LogP contribution >= 0.6 is 0 Å². The normalized spacial score (nSPS) is 41.6. The molecule has 3 aliphatic heterocycles. The van der Waals surface area contributed by atoms with Crippen LogP contribution < -0.4 is 5.32 Å². The maximum atomic E-state index is 5.84. The molecule has 0 spiro atoms. The Labute approximate surface area is 375 Å². The summed E-state index contributed by atoms with van der Waals surface area (Å²) in [5, 5.41) is 4.30. The lowest BCUT2D eigenvalue weighted by Gasteiger charge is -2.46. The largest absolute Gasteiger partial charge is 0.284 e. The van der Waals surface area contributed by atoms with E-state index in [-0.39, 0.29) is 11.8 Å². The molecular weight excluding hydrogens is 753 g/mol. The van der Waals surface area contributed by atoms with Crippen molar-refractivity contribution in [2.24, 2.45) is 52.3 Å². The molecule has 3 heterocycles. The van der Waals surface area contributed by atoms with E-state index in [1.54, 1.807) is 16.7 Å². The fraction of sp³-hybridized carbons (Fsp3) is 0.603. The number of nitrogens with zero attached hydrogens (tertiary/aromatic N) is 3. The van der Waals surface area contributed by atoms with Gasteiger partial charge in [0.05, 0.1) is 0 Å². The predicted octanol–water partition coefficient (Wildman–Crippen LogP) is 12.9. The van der Waals surface area contributed by atoms with Crippen molar-refractivity contribution in [2.45, 2.75) is 173 Å². The van der Waals surface area contributed by atoms with Crippen LogP contribution in [0, 0.1) is 47.3 Å². The molecule has 62 heavy (non-hydrogen) atoms. The second-order valence-corrected chi connectivity index (χ2v) is 22.1. The van der Waals surface area contributed by atoms with Crippen molar-refractivity contribution in [3.63, 3.8) is 0 Å². The molecule has 4 nitrogen and oxygen atoms in total. The fourth-order valence-corrected chi connectivity index (χ4v) is 14.8. The number of likely N-dealkylation sites (tertiary alicyclic amines) is 2. The third-order valence-corrected chi connectivity index (χ3v) is 18.5. The van der Waals surface area contributed by atoms with E-state index < -0.39 is 0 Å². The van der Waals surface area contributed by atoms with Gasteiger partial charge < -0.3 is 0 Å². The second-order valence-electron chi connectivity index (χ2n) is 22.1. The van der Waals surface area contributed by atoms with E-state index in [2.05, 4.69) is 147 Å². The van der Waals surface area contributed by atoms with Gasteiger partial charge in [-0.3, -0.25) is 20.1 Å². The molecule has 0 aromatic rings. The van der Waals surface area contributed by atoms with Crippen molar-refractivity contribution in [3.8, 4) is 0 Å². The van der Waals surface area contributed by atoms with Gasteiger partial charge in [-0.15, -0.1) is 0 Å². The lowest BCUT2D eigenvalue weighted by atomic mass is 9.69. The molecule has 0 radical (unpaired) electrons. The first-order chi connectivity index (χ1) is 30.3. The van der Waals surface area contributed by atoms with Gasteiger partial charge in [0.25, 0.3) is 0 Å². The Hall–Kier alpha value is -3.31. The maximum Gasteiger partial charge on any atom is 0.157 e. The average molecular weight is 829 g/mol. The Kier molecular flexibility index (Phi) is 11.3. The predicted molar refractivity (Wildman–Crippen MR) is 259 cm³/mol. The monoisotopic (exact) mass is 829 g/mol. The molecule has 0 amide bonds. The zero-order chi connectivity index (χ0) is 42.1. The lowest BCUT2D eigenvalue weighted by Crippen LogP contribution is -2.58. The minimum Gasteiger partial charge on any atom is -0.284 e. The van der Waals surface area contributed by atoms with Gasteiger partial charge in [-0.1, -0.05) is 154 Å². The molecule has 2 saturated heterocycles. The summed E-state index contributed by atoms with van der Waals surface area (Å²) in [7, 11) is 0. The fourth-order valence-electron chi connectivity index (χ4n) is 14.8. The molecule has 328 valence electrons. The summed E-state index contributed by atoms with van der Waals surface area (Å²) in [5.41, 5.74) is 11.5. The summed E-state index contributed by atoms with van der Waals surface area (Å²) >= 11 is 0. The second kappa shape index (κ2) is 16.9. The number of hydrogen-bond donors (Lipinski definition) is 1. The van der Waals surface area contributed by atoms with Gasteiger partial charge in [0.15, 0.2) is 6.29 Å². The van der Waals surface area contributed by atoms with Crippen LogP contribution in [0.5, 0.6) is 0 Å². The SMILES string of the molecule is CCC(C)CC1=CCC(C2CC(C3=CC=C(CC(C)CC)CC3)=NC(N3C4CC=CC=C4C4C=C(C5CC6[C@@H](C7=CC=CC[C@@]7(C)N6C6C=CC=CC6)C6CC56)CCC43)N2)C=C1. The molecule has 11 rings (SSSR count). The van der Waals surface area contributed by atoms with Crippen molar-refractivity contribution < 1.29 is 0 Å². The zero-order valence-electron chi connectivity index (χ0n) is 38.8. The molecule has 4 fully saturated rings. The van der Waals surface area contributed by atoms with Crippen LogP contribution in [0.3, 0.4) is 0 Å². The Morgan fingerprint density at radius 2 is 1.69 bits per heavy atom. The van der Waals surface area contributed by atoms with Gasteiger partial charge in [-0.25, -0.2) is 0 Å². The number of allylic oxidation sites excluding steroid dienone is 14. The van der Waals surface area contributed by atoms with E-state index in [9.17, 15) is 0 Å². The zero-order valence-corrected chi connectivity index (χ0v) is 38.8. The van der Waals surface area contributed by atoms with Crippen LogP contribution in [0.2, 0.25) is 0 Å². The van der Waals surface area contributed by atoms with E-state index in [4.69, 9.17) is 4.99 Å². The summed E-state index contributed by atoms with van der Waals surface area (Å²) in [6.45, 7) is 12.1. The average Bonchev–Trinajstić information content (AvgIpc) is 3.97. The van der Waals surface area contributed by atoms with Crippen molar-refractivity contribution in [3.05, 3.63) is 131 Å². The Morgan fingerprint density at radius 3 is 2.48 bits per heavy atom. The van der Waals surface area contributed by atoms with E-state index in [0.29, 0.717) is 42.0 Å². The molecule has 1 N–H and O–H groups in total. The lowest BCUT2D eigenvalue weighted by molar-refractivity contribution is 0.0590. The molecule has 13 unspecified atom stereocenters. The molecule has 8 aliphatic carbocycles. The van der Waals surface area contributed by atoms with Crippen LogP contribution in [0.4, 0.5) is 0 Å². The first kappa shape index (κ1) is 41.4. The van der Waals surface area contributed by atoms with Crippen molar-refractivity contribution in [2.75, 3.05) is 0 Å². The van der Waals surface area contributed by atoms with Crippen molar-refractivity contribution in [1.82, 2.24) is 15.1 Å². The van der Waals surface area contributed by atoms with Gasteiger partial charge in [-0.2, -0.15) is 0 Å². The number of nitrogens with one attached hydrogen (secondary N) is 1. The maximum absolute atomic E-state index is 5.84. The first-order valence-corrected chi connectivity index (χ1v) is 25.7. The molecule has 0 bridgehead atoms. The molecule has 0 aromatic heterocycles. The molecular formula is C58H76N4. The third-order valence-electron chi connectivity index (χ3n) is 18.5. The van der Waals surface area contributed by atoms with E-state index in [0.717, 1.165) is 74.0 Å². The number of rotatable bonds is 11. The third kappa shape index (κ3) is 7.35. The van der Waals surface area contributed by atoms with E-state index in [1.807, 2.05) is 5.57 Å². The molecule has 15 atom stereocenters. The van der Waals surface area contributed by atoms with Crippen molar-refractivity contribution >= 4 is 5.71 Å². The quantitative estimate of drug-likeness (QED) is 0.211. The summed E-state index contributed by atoms with van der Waals surface area (Å²) in [6.07, 6.45) is 57.8. The highest BCUT2D eigenvalue weighted by Crippen LogP contribution is 2.67. The topological polar surface area (TPSA) is 30.9 Å². The number of fused-ring (bicyclic) bond motifs is 8. The first-order valence-electron chi connectivity index (χ1n) is 25.7. The van der Waals surface area contributed by atoms with Gasteiger partial charge in [-0.05, 0) is 136 Å². The van der Waals surface area contributed by atoms with Crippen LogP contribution in [0.15, 0.2) is 136 Å². The highest BCUT2D eigenvalue weighted by molar-refractivity contribution is 6.01. The summed E-state index contributed by atoms with van der Waals surface area (Å²) in [5.74, 6) is 5.67. The van der Waals surface area contributed by atoms with Crippen LogP contribution in [0.1, 0.15) is 131 Å². The van der Waals surface area contributed by atoms with Gasteiger partial charge in [0.1, 0.15) is 0 Å². The standard InChI is InChI=1S/C58H76N4/c1-6-37(3)31-39-20-24-41(25-21-39)51-36-52(42-26-22-40(23-27-42)32-38(4)7-2)60-57(59-51)61-53-19-12-11-17-45(53)48-33-43(28-29-54(48)61)46-35-55-56(49-34-47(46)49)50-18-13-14-30-58(50,5)62(55)44-15-9-8-10-16-44/h8-15,17-18,20-22,24,26,33,37-38,41,44,46-49,51,53-57,59H,6-7,16,19,23,25,27-32,34-36H2,1-5H3/t37?,38?,41?,44?,46?,47?,48?,49?,51?,53?,54?,55?,56-,57?,58-/m1/s1. The summed E-state index contributed by atoms with van der Waals surface area (Å²) in [4.78, 5) is 11.8. The van der Waals surface area contributed by atoms with Crippen LogP contribution in [-0.4, -0.2) is 57.5 Å².